The van der Waals surface area contributed by atoms with Crippen molar-refractivity contribution in [3.63, 3.8) is 0 Å². The minimum absolute atomic E-state index is 0. The van der Waals surface area contributed by atoms with E-state index in [1.807, 2.05) is 6.92 Å². The number of ether oxygens (including phenoxy) is 1. The second-order valence-electron chi connectivity index (χ2n) is 5.75. The van der Waals surface area contributed by atoms with Crippen molar-refractivity contribution >= 4 is 29.9 Å². The average molecular weight is 466 g/mol. The van der Waals surface area contributed by atoms with Crippen molar-refractivity contribution < 1.29 is 4.74 Å². The van der Waals surface area contributed by atoms with Gasteiger partial charge in [0.15, 0.2) is 5.96 Å². The van der Waals surface area contributed by atoms with Crippen LogP contribution in [0.1, 0.15) is 45.9 Å². The van der Waals surface area contributed by atoms with E-state index in [4.69, 9.17) is 9.73 Å². The fourth-order valence-corrected chi connectivity index (χ4v) is 2.34. The van der Waals surface area contributed by atoms with E-state index in [1.54, 1.807) is 6.33 Å². The first-order chi connectivity index (χ1) is 11.7. The van der Waals surface area contributed by atoms with Gasteiger partial charge in [-0.2, -0.15) is 0 Å². The summed E-state index contributed by atoms with van der Waals surface area (Å²) in [6, 6.07) is 0. The molecule has 0 aliphatic heterocycles. The number of halogens is 1. The Labute approximate surface area is 169 Å². The van der Waals surface area contributed by atoms with Crippen molar-refractivity contribution in [2.24, 2.45) is 4.99 Å². The van der Waals surface area contributed by atoms with E-state index in [-0.39, 0.29) is 24.0 Å². The van der Waals surface area contributed by atoms with Crippen LogP contribution in [0, 0.1) is 0 Å². The summed E-state index contributed by atoms with van der Waals surface area (Å²) in [6.07, 6.45) is 5.99. The molecule has 0 bridgehead atoms. The van der Waals surface area contributed by atoms with Crippen LogP contribution in [-0.4, -0.2) is 65.5 Å². The second-order valence-corrected chi connectivity index (χ2v) is 5.75. The third kappa shape index (κ3) is 9.98. The van der Waals surface area contributed by atoms with Gasteiger partial charge in [0.1, 0.15) is 12.2 Å². The molecule has 1 rings (SSSR count). The Bertz CT molecular complexity index is 466. The number of aromatic nitrogens is 3. The summed E-state index contributed by atoms with van der Waals surface area (Å²) in [6.45, 7) is 11.3. The molecule has 1 aromatic heterocycles. The van der Waals surface area contributed by atoms with Crippen LogP contribution in [0.2, 0.25) is 0 Å². The SMILES string of the molecule is CCCCN(C)C(=NCCCOCC)NCCn1cnnc1CC.I. The molecule has 8 heteroatoms. The third-order valence-electron chi connectivity index (χ3n) is 3.77. The minimum atomic E-state index is 0. The maximum absolute atomic E-state index is 5.38. The van der Waals surface area contributed by atoms with Crippen LogP contribution < -0.4 is 5.32 Å². The van der Waals surface area contributed by atoms with Crippen LogP contribution in [0.5, 0.6) is 0 Å². The van der Waals surface area contributed by atoms with E-state index < -0.39 is 0 Å². The smallest absolute Gasteiger partial charge is 0.193 e. The highest BCUT2D eigenvalue weighted by molar-refractivity contribution is 14.0. The maximum atomic E-state index is 5.38. The molecule has 0 atom stereocenters. The molecule has 1 aromatic rings. The number of aliphatic imine (C=N–C) groups is 1. The Morgan fingerprint density at radius 1 is 1.32 bits per heavy atom. The Morgan fingerprint density at radius 2 is 2.12 bits per heavy atom. The monoisotopic (exact) mass is 466 g/mol. The molecule has 146 valence electrons. The molecule has 0 aromatic carbocycles. The number of guanidine groups is 1. The Balaban J connectivity index is 0.00000576. The summed E-state index contributed by atoms with van der Waals surface area (Å²) in [5.74, 6) is 1.98. The third-order valence-corrected chi connectivity index (χ3v) is 3.77. The molecule has 0 saturated carbocycles. The molecule has 0 unspecified atom stereocenters. The van der Waals surface area contributed by atoms with Crippen molar-refractivity contribution in [2.75, 3.05) is 39.9 Å². The molecular weight excluding hydrogens is 431 g/mol. The van der Waals surface area contributed by atoms with Gasteiger partial charge in [-0.25, -0.2) is 0 Å². The zero-order chi connectivity index (χ0) is 17.6. The first kappa shape index (κ1) is 24.1. The van der Waals surface area contributed by atoms with Gasteiger partial charge in [0.05, 0.1) is 0 Å². The predicted octanol–water partition coefficient (Wildman–Crippen LogP) is 2.56. The molecule has 25 heavy (non-hydrogen) atoms. The summed E-state index contributed by atoms with van der Waals surface area (Å²) in [5.41, 5.74) is 0. The molecular formula is C17H35IN6O. The molecule has 0 radical (unpaired) electrons. The maximum Gasteiger partial charge on any atom is 0.193 e. The van der Waals surface area contributed by atoms with E-state index in [0.29, 0.717) is 0 Å². The summed E-state index contributed by atoms with van der Waals surface area (Å²) >= 11 is 0. The van der Waals surface area contributed by atoms with Crippen molar-refractivity contribution in [3.05, 3.63) is 12.2 Å². The van der Waals surface area contributed by atoms with Crippen LogP contribution in [0.15, 0.2) is 11.3 Å². The van der Waals surface area contributed by atoms with E-state index in [0.717, 1.165) is 64.0 Å². The van der Waals surface area contributed by atoms with E-state index in [1.165, 1.54) is 12.8 Å². The van der Waals surface area contributed by atoms with Crippen molar-refractivity contribution in [2.45, 2.75) is 53.0 Å². The normalized spacial score (nSPS) is 11.3. The molecule has 7 nitrogen and oxygen atoms in total. The number of rotatable bonds is 12. The molecule has 0 saturated heterocycles. The lowest BCUT2D eigenvalue weighted by Gasteiger charge is -2.22. The number of aryl methyl sites for hydroxylation is 1. The molecule has 0 spiro atoms. The summed E-state index contributed by atoms with van der Waals surface area (Å²) in [7, 11) is 2.10. The predicted molar refractivity (Wildman–Crippen MR) is 114 cm³/mol. The zero-order valence-corrected chi connectivity index (χ0v) is 18.5. The quantitative estimate of drug-likeness (QED) is 0.222. The number of unbranched alkanes of at least 4 members (excludes halogenated alkanes) is 1. The fourth-order valence-electron chi connectivity index (χ4n) is 2.34. The first-order valence-electron chi connectivity index (χ1n) is 9.16. The van der Waals surface area contributed by atoms with Gasteiger partial charge in [-0.05, 0) is 19.8 Å². The van der Waals surface area contributed by atoms with Crippen molar-refractivity contribution in [1.82, 2.24) is 25.0 Å². The largest absolute Gasteiger partial charge is 0.382 e. The molecule has 1 heterocycles. The number of hydrogen-bond acceptors (Lipinski definition) is 4. The van der Waals surface area contributed by atoms with Gasteiger partial charge in [-0.15, -0.1) is 34.2 Å². The van der Waals surface area contributed by atoms with Gasteiger partial charge in [-0.3, -0.25) is 4.99 Å². The summed E-state index contributed by atoms with van der Waals surface area (Å²) in [4.78, 5) is 6.93. The van der Waals surface area contributed by atoms with Gasteiger partial charge in [-0.1, -0.05) is 20.3 Å². The number of hydrogen-bond donors (Lipinski definition) is 1. The van der Waals surface area contributed by atoms with Gasteiger partial charge in [0, 0.05) is 52.9 Å². The highest BCUT2D eigenvalue weighted by atomic mass is 127. The number of nitrogens with one attached hydrogen (secondary N) is 1. The van der Waals surface area contributed by atoms with Crippen LogP contribution in [0.4, 0.5) is 0 Å². The standard InChI is InChI=1S/C17H34N6O.HI/c1-5-8-12-22(4)17(18-10-9-14-24-7-3)19-11-13-23-15-20-21-16(23)6-2;/h15H,5-14H2,1-4H3,(H,18,19);1H. The minimum Gasteiger partial charge on any atom is -0.382 e. The van der Waals surface area contributed by atoms with Crippen molar-refractivity contribution in [1.29, 1.82) is 0 Å². The van der Waals surface area contributed by atoms with Crippen molar-refractivity contribution in [3.8, 4) is 0 Å². The van der Waals surface area contributed by atoms with Gasteiger partial charge >= 0.3 is 0 Å². The van der Waals surface area contributed by atoms with Gasteiger partial charge < -0.3 is 19.5 Å². The average Bonchev–Trinajstić information content (AvgIpc) is 3.05. The second kappa shape index (κ2) is 15.4. The Morgan fingerprint density at radius 3 is 2.80 bits per heavy atom. The fraction of sp³-hybridized carbons (Fsp3) is 0.824. The first-order valence-corrected chi connectivity index (χ1v) is 9.16. The molecule has 0 amide bonds. The van der Waals surface area contributed by atoms with Crippen LogP contribution in [0.3, 0.4) is 0 Å². The highest BCUT2D eigenvalue weighted by Gasteiger charge is 2.06. The van der Waals surface area contributed by atoms with Crippen LogP contribution in [-0.2, 0) is 17.7 Å². The molecule has 0 fully saturated rings. The van der Waals surface area contributed by atoms with Crippen LogP contribution >= 0.6 is 24.0 Å². The van der Waals surface area contributed by atoms with Crippen LogP contribution in [0.25, 0.3) is 0 Å². The number of nitrogens with zero attached hydrogens (tertiary/aromatic N) is 5. The van der Waals surface area contributed by atoms with E-state index >= 15 is 0 Å². The van der Waals surface area contributed by atoms with E-state index in [9.17, 15) is 0 Å². The zero-order valence-electron chi connectivity index (χ0n) is 16.2. The summed E-state index contributed by atoms with van der Waals surface area (Å²) in [5, 5.41) is 11.6. The van der Waals surface area contributed by atoms with Gasteiger partial charge in [0.2, 0.25) is 0 Å². The lowest BCUT2D eigenvalue weighted by molar-refractivity contribution is 0.146. The van der Waals surface area contributed by atoms with E-state index in [2.05, 4.69) is 45.9 Å². The van der Waals surface area contributed by atoms with Gasteiger partial charge in [0.25, 0.3) is 0 Å². The lowest BCUT2D eigenvalue weighted by atomic mass is 10.3. The molecule has 1 N–H and O–H groups in total. The Kier molecular flexibility index (Phi) is 14.8. The molecule has 0 aliphatic rings. The Hall–Kier alpha value is -0.900. The topological polar surface area (TPSA) is 67.6 Å². The summed E-state index contributed by atoms with van der Waals surface area (Å²) < 4.78 is 7.46. The molecule has 0 aliphatic carbocycles. The lowest BCUT2D eigenvalue weighted by Crippen LogP contribution is -2.41. The highest BCUT2D eigenvalue weighted by Crippen LogP contribution is 1.97.